The third-order valence-corrected chi connectivity index (χ3v) is 7.77. The number of aromatic amines is 1. The number of thioether (sulfide) groups is 1. The Labute approximate surface area is 183 Å². The van der Waals surface area contributed by atoms with Crippen LogP contribution in [0.15, 0.2) is 49.6 Å². The Morgan fingerprint density at radius 1 is 1.23 bits per heavy atom. The molecule has 5 aromatic heterocycles. The molecule has 30 heavy (non-hydrogen) atoms. The predicted molar refractivity (Wildman–Crippen MR) is 121 cm³/mol. The van der Waals surface area contributed by atoms with Gasteiger partial charge in [-0.3, -0.25) is 4.79 Å². The number of H-pyrrole nitrogens is 1. The van der Waals surface area contributed by atoms with E-state index in [0.29, 0.717) is 11.2 Å². The van der Waals surface area contributed by atoms with Crippen LogP contribution in [0.5, 0.6) is 0 Å². The largest absolute Gasteiger partial charge is 0.469 e. The van der Waals surface area contributed by atoms with Gasteiger partial charge in [-0.25, -0.2) is 4.98 Å². The highest BCUT2D eigenvalue weighted by Gasteiger charge is 2.20. The first-order valence-electron chi connectivity index (χ1n) is 9.18. The second-order valence-electron chi connectivity index (χ2n) is 6.77. The number of nitrogens with zero attached hydrogens (tertiary/aromatic N) is 4. The first-order chi connectivity index (χ1) is 14.5. The molecule has 5 rings (SSSR count). The van der Waals surface area contributed by atoms with Crippen LogP contribution >= 0.6 is 34.4 Å². The monoisotopic (exact) mass is 455 g/mol. The van der Waals surface area contributed by atoms with Crippen molar-refractivity contribution in [3.63, 3.8) is 0 Å². The molecule has 10 heteroatoms. The summed E-state index contributed by atoms with van der Waals surface area (Å²) in [7, 11) is 1.92. The molecule has 0 saturated carbocycles. The summed E-state index contributed by atoms with van der Waals surface area (Å²) >= 11 is 4.61. The van der Waals surface area contributed by atoms with E-state index in [1.807, 2.05) is 54.4 Å². The van der Waals surface area contributed by atoms with E-state index in [9.17, 15) is 4.79 Å². The molecule has 0 bridgehead atoms. The minimum Gasteiger partial charge on any atom is -0.469 e. The van der Waals surface area contributed by atoms with Crippen LogP contribution in [0, 0.1) is 6.92 Å². The number of hydrogen-bond donors (Lipinski definition) is 1. The molecule has 0 radical (unpaired) electrons. The topological polar surface area (TPSA) is 89.6 Å². The highest BCUT2D eigenvalue weighted by atomic mass is 32.2. The number of rotatable bonds is 5. The lowest BCUT2D eigenvalue weighted by Gasteiger charge is -2.10. The van der Waals surface area contributed by atoms with Gasteiger partial charge in [0.1, 0.15) is 16.4 Å². The summed E-state index contributed by atoms with van der Waals surface area (Å²) in [6, 6.07) is 5.88. The zero-order valence-corrected chi connectivity index (χ0v) is 18.8. The molecule has 7 nitrogen and oxygen atoms in total. The molecule has 5 heterocycles. The van der Waals surface area contributed by atoms with E-state index >= 15 is 0 Å². The van der Waals surface area contributed by atoms with Crippen molar-refractivity contribution < 1.29 is 4.42 Å². The smallest absolute Gasteiger partial charge is 0.260 e. The molecular weight excluding hydrogens is 438 g/mol. The quantitative estimate of drug-likeness (QED) is 0.364. The average molecular weight is 456 g/mol. The first-order valence-corrected chi connectivity index (χ1v) is 11.8. The molecule has 0 spiro atoms. The number of furan rings is 1. The van der Waals surface area contributed by atoms with E-state index in [-0.39, 0.29) is 10.8 Å². The van der Waals surface area contributed by atoms with Gasteiger partial charge in [0.25, 0.3) is 5.56 Å². The third-order valence-electron chi connectivity index (χ3n) is 4.85. The molecule has 1 N–H and O–H groups in total. The highest BCUT2D eigenvalue weighted by molar-refractivity contribution is 7.99. The van der Waals surface area contributed by atoms with Gasteiger partial charge in [-0.05, 0) is 31.4 Å². The maximum atomic E-state index is 12.9. The van der Waals surface area contributed by atoms with Crippen LogP contribution in [0.4, 0.5) is 0 Å². The molecule has 0 aliphatic rings. The van der Waals surface area contributed by atoms with Gasteiger partial charge in [0.2, 0.25) is 0 Å². The molecule has 152 valence electrons. The van der Waals surface area contributed by atoms with Gasteiger partial charge in [0, 0.05) is 22.9 Å². The van der Waals surface area contributed by atoms with E-state index in [0.717, 1.165) is 37.6 Å². The van der Waals surface area contributed by atoms with Crippen molar-refractivity contribution in [1.82, 2.24) is 24.7 Å². The highest BCUT2D eigenvalue weighted by Crippen LogP contribution is 2.37. The van der Waals surface area contributed by atoms with Crippen LogP contribution in [0.25, 0.3) is 32.0 Å². The van der Waals surface area contributed by atoms with Crippen LogP contribution in [0.3, 0.4) is 0 Å². The lowest BCUT2D eigenvalue weighted by Crippen LogP contribution is -2.12. The predicted octanol–water partition coefficient (Wildman–Crippen LogP) is 5.26. The molecule has 5 aromatic rings. The number of fused-ring (bicyclic) bond motifs is 1. The van der Waals surface area contributed by atoms with E-state index < -0.39 is 0 Å². The normalized spacial score (nSPS) is 12.6. The number of aryl methyl sites for hydroxylation is 1. The molecular formula is C20H17N5O2S3. The Morgan fingerprint density at radius 2 is 2.10 bits per heavy atom. The minimum atomic E-state index is -0.111. The Kier molecular flexibility index (Phi) is 4.84. The fraction of sp³-hybridized carbons (Fsp3) is 0.200. The number of aromatic nitrogens is 5. The second kappa shape index (κ2) is 7.53. The van der Waals surface area contributed by atoms with Crippen molar-refractivity contribution in [2.75, 3.05) is 0 Å². The van der Waals surface area contributed by atoms with Crippen LogP contribution < -0.4 is 5.56 Å². The van der Waals surface area contributed by atoms with Gasteiger partial charge < -0.3 is 14.0 Å². The van der Waals surface area contributed by atoms with E-state index in [4.69, 9.17) is 9.40 Å². The van der Waals surface area contributed by atoms with Crippen LogP contribution in [0.2, 0.25) is 0 Å². The molecule has 0 amide bonds. The minimum absolute atomic E-state index is 0.101. The van der Waals surface area contributed by atoms with Crippen molar-refractivity contribution >= 4 is 44.7 Å². The second-order valence-corrected chi connectivity index (χ2v) is 9.89. The van der Waals surface area contributed by atoms with Crippen molar-refractivity contribution in [2.45, 2.75) is 24.3 Å². The SMILES string of the molecule is Cc1occc1-c1nnc(S[C@H](C)c2nc3scc(-c4cccs4)c3c(=O)[nH]2)n1C. The van der Waals surface area contributed by atoms with Crippen molar-refractivity contribution in [1.29, 1.82) is 0 Å². The van der Waals surface area contributed by atoms with E-state index in [1.165, 1.54) is 23.1 Å². The summed E-state index contributed by atoms with van der Waals surface area (Å²) in [5.41, 5.74) is 1.75. The third kappa shape index (κ3) is 3.21. The zero-order chi connectivity index (χ0) is 20.8. The summed E-state index contributed by atoms with van der Waals surface area (Å²) in [5.74, 6) is 2.17. The summed E-state index contributed by atoms with van der Waals surface area (Å²) in [5, 5.41) is 13.9. The van der Waals surface area contributed by atoms with Crippen LogP contribution in [0.1, 0.15) is 23.8 Å². The molecule has 0 saturated heterocycles. The van der Waals surface area contributed by atoms with Gasteiger partial charge in [-0.15, -0.1) is 32.9 Å². The maximum Gasteiger partial charge on any atom is 0.260 e. The van der Waals surface area contributed by atoms with Crippen LogP contribution in [-0.4, -0.2) is 24.7 Å². The number of nitrogens with one attached hydrogen (secondary N) is 1. The zero-order valence-electron chi connectivity index (χ0n) is 16.4. The van der Waals surface area contributed by atoms with E-state index in [2.05, 4.69) is 15.2 Å². The Hall–Kier alpha value is -2.69. The molecule has 0 aliphatic heterocycles. The Bertz CT molecular complexity index is 1390. The fourth-order valence-corrected chi connectivity index (χ4v) is 5.90. The van der Waals surface area contributed by atoms with Gasteiger partial charge >= 0.3 is 0 Å². The lowest BCUT2D eigenvalue weighted by molar-refractivity contribution is 0.534. The standard InChI is InChI=1S/C20H17N5O2S3/c1-10-12(6-7-27-10)17-23-24-20(25(17)3)30-11(2)16-21-18(26)15-13(9-29-19(15)22-16)14-5-4-8-28-14/h4-9,11H,1-3H3,(H,21,22,26)/t11-/m1/s1. The fourth-order valence-electron chi connectivity index (χ4n) is 3.25. The van der Waals surface area contributed by atoms with Gasteiger partial charge in [0.15, 0.2) is 11.0 Å². The molecule has 1 atom stereocenters. The maximum absolute atomic E-state index is 12.9. The Morgan fingerprint density at radius 3 is 2.83 bits per heavy atom. The van der Waals surface area contributed by atoms with Crippen molar-refractivity contribution in [3.05, 3.63) is 57.2 Å². The van der Waals surface area contributed by atoms with Gasteiger partial charge in [-0.2, -0.15) is 0 Å². The summed E-state index contributed by atoms with van der Waals surface area (Å²) in [6.45, 7) is 3.90. The first kappa shape index (κ1) is 19.3. The Balaban J connectivity index is 1.46. The van der Waals surface area contributed by atoms with Gasteiger partial charge in [0.05, 0.1) is 22.5 Å². The summed E-state index contributed by atoms with van der Waals surface area (Å²) in [4.78, 5) is 22.4. The van der Waals surface area contributed by atoms with Crippen molar-refractivity contribution in [2.24, 2.45) is 7.05 Å². The van der Waals surface area contributed by atoms with Crippen molar-refractivity contribution in [3.8, 4) is 21.8 Å². The molecule has 0 unspecified atom stereocenters. The summed E-state index contributed by atoms with van der Waals surface area (Å²) in [6.07, 6.45) is 1.64. The van der Waals surface area contributed by atoms with Crippen LogP contribution in [-0.2, 0) is 7.05 Å². The van der Waals surface area contributed by atoms with E-state index in [1.54, 1.807) is 17.6 Å². The number of thiophene rings is 2. The lowest BCUT2D eigenvalue weighted by atomic mass is 10.2. The number of hydrogen-bond acceptors (Lipinski definition) is 8. The summed E-state index contributed by atoms with van der Waals surface area (Å²) < 4.78 is 7.31. The average Bonchev–Trinajstić information content (AvgIpc) is 3.50. The molecule has 0 fully saturated rings. The molecule has 0 aliphatic carbocycles. The van der Waals surface area contributed by atoms with Gasteiger partial charge in [-0.1, -0.05) is 17.8 Å². The molecule has 0 aromatic carbocycles.